The molecule has 1 aromatic heterocycles. The topological polar surface area (TPSA) is 115 Å². The molecule has 0 aliphatic rings. The van der Waals surface area contributed by atoms with E-state index in [1.807, 2.05) is 0 Å². The maximum atomic E-state index is 13.0. The number of esters is 1. The summed E-state index contributed by atoms with van der Waals surface area (Å²) in [7, 11) is -3.98. The molecule has 0 saturated carbocycles. The Hall–Kier alpha value is -2.05. The fourth-order valence-electron chi connectivity index (χ4n) is 1.82. The van der Waals surface area contributed by atoms with Gasteiger partial charge in [0.25, 0.3) is 0 Å². The Labute approximate surface area is 163 Å². The molecule has 0 aliphatic heterocycles. The molecule has 2 aromatic rings. The first-order valence-corrected chi connectivity index (χ1v) is 11.0. The van der Waals surface area contributed by atoms with Gasteiger partial charge in [-0.15, -0.1) is 10.2 Å². The summed E-state index contributed by atoms with van der Waals surface area (Å²) >= 11 is 2.10. The lowest BCUT2D eigenvalue weighted by Gasteiger charge is -2.12. The number of aromatic nitrogens is 2. The van der Waals surface area contributed by atoms with Gasteiger partial charge in [0.05, 0.1) is 17.3 Å². The van der Waals surface area contributed by atoms with E-state index < -0.39 is 32.8 Å². The number of nitrogens with zero attached hydrogens (tertiary/aromatic N) is 2. The molecule has 0 saturated heterocycles. The first-order chi connectivity index (χ1) is 12.7. The number of rotatable bonds is 8. The van der Waals surface area contributed by atoms with Crippen LogP contribution in [0.25, 0.3) is 0 Å². The molecule has 1 atom stereocenters. The monoisotopic (exact) mass is 433 g/mol. The molecule has 27 heavy (non-hydrogen) atoms. The molecule has 0 aliphatic carbocycles. The third kappa shape index (κ3) is 5.71. The summed E-state index contributed by atoms with van der Waals surface area (Å²) in [4.78, 5) is 23.4. The molecule has 1 heterocycles. The molecular weight excluding hydrogens is 417 g/mol. The summed E-state index contributed by atoms with van der Waals surface area (Å²) < 4.78 is 43.1. The quantitative estimate of drug-likeness (QED) is 0.291. The van der Waals surface area contributed by atoms with Crippen molar-refractivity contribution in [2.75, 3.05) is 17.7 Å². The Morgan fingerprint density at radius 1 is 1.30 bits per heavy atom. The van der Waals surface area contributed by atoms with E-state index in [9.17, 15) is 22.4 Å². The average molecular weight is 434 g/mol. The molecule has 0 radical (unpaired) electrons. The van der Waals surface area contributed by atoms with Crippen LogP contribution in [-0.2, 0) is 24.2 Å². The second-order valence-corrected chi connectivity index (χ2v) is 9.57. The van der Waals surface area contributed by atoms with Gasteiger partial charge < -0.3 is 4.74 Å². The van der Waals surface area contributed by atoms with E-state index in [0.29, 0.717) is 4.34 Å². The zero-order chi connectivity index (χ0) is 20.0. The van der Waals surface area contributed by atoms with E-state index in [1.54, 1.807) is 6.92 Å². The molecule has 1 unspecified atom stereocenters. The van der Waals surface area contributed by atoms with Crippen LogP contribution in [0.2, 0.25) is 0 Å². The molecule has 0 spiro atoms. The lowest BCUT2D eigenvalue weighted by Crippen LogP contribution is -2.32. The number of hydrogen-bond acceptors (Lipinski definition) is 9. The van der Waals surface area contributed by atoms with E-state index in [4.69, 9.17) is 4.74 Å². The molecule has 146 valence electrons. The van der Waals surface area contributed by atoms with E-state index >= 15 is 0 Å². The zero-order valence-electron chi connectivity index (χ0n) is 14.3. The summed E-state index contributed by atoms with van der Waals surface area (Å²) in [5.74, 6) is -1.72. The van der Waals surface area contributed by atoms with E-state index in [1.165, 1.54) is 6.92 Å². The van der Waals surface area contributed by atoms with Gasteiger partial charge in [0.1, 0.15) is 11.1 Å². The maximum absolute atomic E-state index is 13.0. The number of hydrogen-bond donors (Lipinski definition) is 1. The van der Waals surface area contributed by atoms with Gasteiger partial charge in [-0.2, -0.15) is 0 Å². The third-order valence-corrected chi connectivity index (χ3v) is 7.25. The molecule has 1 aromatic carbocycles. The first kappa shape index (κ1) is 21.3. The summed E-state index contributed by atoms with van der Waals surface area (Å²) in [5.41, 5.74) is 0. The number of carbonyl (C=O) groups is 2. The number of thioether (sulfide) groups is 1. The molecule has 2 rings (SSSR count). The molecule has 0 bridgehead atoms. The highest BCUT2D eigenvalue weighted by molar-refractivity contribution is 8.01. The standard InChI is InChI=1S/C15H16FN3O5S3/c1-3-24-12(20)8-25-15-19-18-14(26-15)17-13(21)9(2)27(22,23)11-6-4-10(16)5-7-11/h4-7,9H,3,8H2,1-2H3,(H,17,18,21). The Balaban J connectivity index is 2.00. The number of nitrogens with one attached hydrogen (secondary N) is 1. The van der Waals surface area contributed by atoms with Crippen molar-refractivity contribution in [3.63, 3.8) is 0 Å². The Bertz CT molecular complexity index is 915. The molecule has 12 heteroatoms. The van der Waals surface area contributed by atoms with Crippen molar-refractivity contribution in [1.82, 2.24) is 10.2 Å². The van der Waals surface area contributed by atoms with Crippen molar-refractivity contribution in [2.45, 2.75) is 28.3 Å². The van der Waals surface area contributed by atoms with Crippen molar-refractivity contribution in [2.24, 2.45) is 0 Å². The van der Waals surface area contributed by atoms with Crippen LogP contribution < -0.4 is 5.32 Å². The molecule has 8 nitrogen and oxygen atoms in total. The van der Waals surface area contributed by atoms with E-state index in [2.05, 4.69) is 15.5 Å². The SMILES string of the molecule is CCOC(=O)CSc1nnc(NC(=O)C(C)S(=O)(=O)c2ccc(F)cc2)s1. The number of halogens is 1. The van der Waals surface area contributed by atoms with Gasteiger partial charge in [-0.05, 0) is 38.1 Å². The number of carbonyl (C=O) groups excluding carboxylic acids is 2. The van der Waals surface area contributed by atoms with Gasteiger partial charge in [0.2, 0.25) is 11.0 Å². The minimum atomic E-state index is -3.98. The number of benzene rings is 1. The first-order valence-electron chi connectivity index (χ1n) is 7.66. The van der Waals surface area contributed by atoms with Crippen LogP contribution in [0.3, 0.4) is 0 Å². The highest BCUT2D eigenvalue weighted by Crippen LogP contribution is 2.26. The normalized spacial score (nSPS) is 12.4. The Kier molecular flexibility index (Phi) is 7.27. The van der Waals surface area contributed by atoms with Gasteiger partial charge in [0.15, 0.2) is 14.2 Å². The van der Waals surface area contributed by atoms with Crippen LogP contribution in [0.4, 0.5) is 9.52 Å². The van der Waals surface area contributed by atoms with Crippen molar-refractivity contribution in [3.05, 3.63) is 30.1 Å². The lowest BCUT2D eigenvalue weighted by molar-refractivity contribution is -0.139. The minimum Gasteiger partial charge on any atom is -0.465 e. The van der Waals surface area contributed by atoms with Gasteiger partial charge in [0, 0.05) is 0 Å². The number of ether oxygens (including phenoxy) is 1. The van der Waals surface area contributed by atoms with Crippen LogP contribution in [0.5, 0.6) is 0 Å². The van der Waals surface area contributed by atoms with Crippen LogP contribution >= 0.6 is 23.1 Å². The lowest BCUT2D eigenvalue weighted by atomic mass is 10.3. The van der Waals surface area contributed by atoms with Crippen molar-refractivity contribution < 1.29 is 27.1 Å². The van der Waals surface area contributed by atoms with Crippen molar-refractivity contribution in [1.29, 1.82) is 0 Å². The smallest absolute Gasteiger partial charge is 0.316 e. The molecule has 0 fully saturated rings. The maximum Gasteiger partial charge on any atom is 0.316 e. The van der Waals surface area contributed by atoms with Gasteiger partial charge in [-0.25, -0.2) is 12.8 Å². The van der Waals surface area contributed by atoms with E-state index in [-0.39, 0.29) is 22.4 Å². The predicted octanol–water partition coefficient (Wildman–Crippen LogP) is 2.13. The summed E-state index contributed by atoms with van der Waals surface area (Å²) in [5, 5.41) is 8.63. The fraction of sp³-hybridized carbons (Fsp3) is 0.333. The summed E-state index contributed by atoms with van der Waals surface area (Å²) in [6, 6.07) is 4.22. The Morgan fingerprint density at radius 2 is 1.96 bits per heavy atom. The summed E-state index contributed by atoms with van der Waals surface area (Å²) in [6.45, 7) is 3.20. The zero-order valence-corrected chi connectivity index (χ0v) is 16.8. The second kappa shape index (κ2) is 9.24. The van der Waals surface area contributed by atoms with Crippen molar-refractivity contribution in [3.8, 4) is 0 Å². The van der Waals surface area contributed by atoms with Gasteiger partial charge >= 0.3 is 5.97 Å². The van der Waals surface area contributed by atoms with Gasteiger partial charge in [-0.1, -0.05) is 23.1 Å². The molecule has 1 amide bonds. The van der Waals surface area contributed by atoms with Crippen molar-refractivity contribution >= 4 is 49.9 Å². The fourth-order valence-corrected chi connectivity index (χ4v) is 4.64. The highest BCUT2D eigenvalue weighted by Gasteiger charge is 2.30. The van der Waals surface area contributed by atoms with Crippen LogP contribution in [0, 0.1) is 5.82 Å². The van der Waals surface area contributed by atoms with Crippen LogP contribution in [0.15, 0.2) is 33.5 Å². The number of amides is 1. The Morgan fingerprint density at radius 3 is 2.59 bits per heavy atom. The molecular formula is C15H16FN3O5S3. The average Bonchev–Trinajstić information content (AvgIpc) is 3.07. The minimum absolute atomic E-state index is 0.0474. The summed E-state index contributed by atoms with van der Waals surface area (Å²) in [6.07, 6.45) is 0. The van der Waals surface area contributed by atoms with E-state index in [0.717, 1.165) is 47.4 Å². The van der Waals surface area contributed by atoms with Crippen LogP contribution in [0.1, 0.15) is 13.8 Å². The third-order valence-electron chi connectivity index (χ3n) is 3.23. The molecule has 1 N–H and O–H groups in total. The highest BCUT2D eigenvalue weighted by atomic mass is 32.2. The predicted molar refractivity (Wildman–Crippen MR) is 98.9 cm³/mol. The second-order valence-electron chi connectivity index (χ2n) is 5.10. The van der Waals surface area contributed by atoms with Gasteiger partial charge in [-0.3, -0.25) is 14.9 Å². The largest absolute Gasteiger partial charge is 0.465 e. The number of anilines is 1. The number of sulfone groups is 1. The van der Waals surface area contributed by atoms with Crippen LogP contribution in [-0.4, -0.2) is 48.1 Å².